The topological polar surface area (TPSA) is 103 Å². The average Bonchev–Trinajstić information content (AvgIpc) is 2.62. The highest BCUT2D eigenvalue weighted by molar-refractivity contribution is 7.79. The first-order valence-corrected chi connectivity index (χ1v) is 5.84. The van der Waals surface area contributed by atoms with Gasteiger partial charge in [0.15, 0.2) is 12.5 Å². The lowest BCUT2D eigenvalue weighted by molar-refractivity contribution is -0.644. The molecule has 0 saturated heterocycles. The minimum Gasteiger partial charge on any atom is -0.726 e. The molecule has 2 rings (SSSR count). The summed E-state index contributed by atoms with van der Waals surface area (Å²) in [6.07, 6.45) is 6.11. The molecule has 0 aliphatic rings. The van der Waals surface area contributed by atoms with Crippen LogP contribution in [0.3, 0.4) is 0 Å². The zero-order valence-electron chi connectivity index (χ0n) is 8.76. The van der Waals surface area contributed by atoms with E-state index in [0.717, 1.165) is 0 Å². The van der Waals surface area contributed by atoms with Crippen LogP contribution in [0.25, 0.3) is 5.65 Å². The van der Waals surface area contributed by atoms with Gasteiger partial charge in [-0.15, -0.1) is 0 Å². The van der Waals surface area contributed by atoms with Crippen LogP contribution >= 0.6 is 0 Å². The number of aromatic nitrogens is 2. The lowest BCUT2D eigenvalue weighted by atomic mass is 10.5. The van der Waals surface area contributed by atoms with Gasteiger partial charge in [0, 0.05) is 6.07 Å². The molecule has 0 fully saturated rings. The first-order chi connectivity index (χ1) is 7.88. The molecule has 0 bridgehead atoms. The van der Waals surface area contributed by atoms with Crippen molar-refractivity contribution in [2.45, 2.75) is 0 Å². The normalized spacial score (nSPS) is 9.82. The molecule has 1 N–H and O–H groups in total. The molecular weight excluding hydrogens is 268 g/mol. The lowest BCUT2D eigenvalue weighted by Crippen LogP contribution is -2.25. The van der Waals surface area contributed by atoms with E-state index in [0.29, 0.717) is 0 Å². The maximum atomic E-state index is 8.63. The van der Waals surface area contributed by atoms with Gasteiger partial charge in [0.05, 0.1) is 13.2 Å². The van der Waals surface area contributed by atoms with E-state index < -0.39 is 10.4 Å². The molecule has 0 aliphatic carbocycles. The third kappa shape index (κ3) is 6.68. The summed E-state index contributed by atoms with van der Waals surface area (Å²) < 4.78 is 44.8. The minimum absolute atomic E-state index is 1.21. The fraction of sp³-hybridized carbons (Fsp3) is 0.125. The third-order valence-corrected chi connectivity index (χ3v) is 1.68. The Labute approximate surface area is 103 Å². The van der Waals surface area contributed by atoms with E-state index in [1.54, 1.807) is 0 Å². The van der Waals surface area contributed by atoms with E-state index in [1.807, 2.05) is 37.8 Å². The second kappa shape index (κ2) is 7.01. The molecule has 0 radical (unpaired) electrons. The number of fused-ring (bicyclic) bond motifs is 1. The van der Waals surface area contributed by atoms with E-state index in [1.165, 1.54) is 5.65 Å². The highest BCUT2D eigenvalue weighted by atomic mass is 32.3. The maximum absolute atomic E-state index is 8.63. The Morgan fingerprint density at radius 3 is 2.35 bits per heavy atom. The summed E-state index contributed by atoms with van der Waals surface area (Å²) in [5.41, 5.74) is 1.21. The van der Waals surface area contributed by atoms with Gasteiger partial charge >= 0.3 is 0 Å². The minimum atomic E-state index is -4.92. The Hall–Kier alpha value is -1.42. The van der Waals surface area contributed by atoms with Crippen molar-refractivity contribution in [3.8, 4) is 0 Å². The van der Waals surface area contributed by atoms with Crippen molar-refractivity contribution >= 4 is 28.6 Å². The predicted octanol–water partition coefficient (Wildman–Crippen LogP) is -0.568. The molecule has 0 atom stereocenters. The largest absolute Gasteiger partial charge is 0.726 e. The van der Waals surface area contributed by atoms with E-state index in [9.17, 15) is 0 Å². The van der Waals surface area contributed by atoms with E-state index in [4.69, 9.17) is 21.7 Å². The molecule has 9 heteroatoms. The van der Waals surface area contributed by atoms with Gasteiger partial charge in [-0.3, -0.25) is 4.55 Å². The van der Waals surface area contributed by atoms with Gasteiger partial charge in [-0.1, -0.05) is 6.07 Å². The fourth-order valence-electron chi connectivity index (χ4n) is 1.12. The number of nitrogens with zero attached hydrogens (tertiary/aromatic N) is 2. The maximum Gasteiger partial charge on any atom is 0.285 e. The number of imidazole rings is 1. The lowest BCUT2D eigenvalue weighted by Gasteiger charge is -1.88. The molecule has 0 amide bonds. The molecule has 94 valence electrons. The van der Waals surface area contributed by atoms with Crippen LogP contribution in [0.5, 0.6) is 0 Å². The van der Waals surface area contributed by atoms with Crippen molar-refractivity contribution < 1.29 is 26.3 Å². The summed E-state index contributed by atoms with van der Waals surface area (Å²) in [7, 11) is -2.88. The molecule has 0 aromatic carbocycles. The molecule has 2 aromatic rings. The second-order valence-corrected chi connectivity index (χ2v) is 3.66. The summed E-state index contributed by atoms with van der Waals surface area (Å²) >= 11 is 2.83. The van der Waals surface area contributed by atoms with Crippen LogP contribution in [0, 0.1) is 0 Å². The molecule has 2 aromatic heterocycles. The second-order valence-electron chi connectivity index (χ2n) is 2.80. The van der Waals surface area contributed by atoms with Crippen LogP contribution in [0.2, 0.25) is 0 Å². The molecule has 0 aliphatic heterocycles. The summed E-state index contributed by atoms with van der Waals surface area (Å²) in [4.78, 5) is 0. The first-order valence-electron chi connectivity index (χ1n) is 4.14. The Morgan fingerprint density at radius 1 is 1.35 bits per heavy atom. The van der Waals surface area contributed by atoms with Crippen LogP contribution in [-0.2, 0) is 30.0 Å². The molecule has 0 saturated carbocycles. The zero-order chi connectivity index (χ0) is 13.5. The summed E-state index contributed by atoms with van der Waals surface area (Å²) in [6, 6.07) is 6.14. The number of aryl methyl sites for hydroxylation is 1. The highest BCUT2D eigenvalue weighted by Gasteiger charge is 2.00. The first kappa shape index (κ1) is 15.6. The van der Waals surface area contributed by atoms with Gasteiger partial charge < -0.3 is 4.55 Å². The molecule has 17 heavy (non-hydrogen) atoms. The average molecular weight is 278 g/mol. The smallest absolute Gasteiger partial charge is 0.285 e. The molecular formula is C8H10N2O5S2. The highest BCUT2D eigenvalue weighted by Crippen LogP contribution is 1.94. The van der Waals surface area contributed by atoms with Gasteiger partial charge in [0.25, 0.3) is 5.65 Å². The van der Waals surface area contributed by atoms with Gasteiger partial charge in [0.1, 0.15) is 12.4 Å². The monoisotopic (exact) mass is 278 g/mol. The number of pyridine rings is 1. The van der Waals surface area contributed by atoms with Crippen LogP contribution in [0.1, 0.15) is 0 Å². The van der Waals surface area contributed by atoms with Gasteiger partial charge in [-0.05, 0) is 6.07 Å². The van der Waals surface area contributed by atoms with E-state index in [-0.39, 0.29) is 0 Å². The Morgan fingerprint density at radius 2 is 1.88 bits per heavy atom. The van der Waals surface area contributed by atoms with E-state index in [2.05, 4.69) is 27.6 Å². The van der Waals surface area contributed by atoms with Crippen LogP contribution in [0.4, 0.5) is 0 Å². The summed E-state index contributed by atoms with van der Waals surface area (Å²) in [5, 5.41) is 0. The Kier molecular flexibility index (Phi) is 6.43. The fourth-order valence-corrected chi connectivity index (χ4v) is 1.12. The van der Waals surface area contributed by atoms with Crippen molar-refractivity contribution in [3.63, 3.8) is 0 Å². The molecule has 0 unspecified atom stereocenters. The Balaban J connectivity index is 0.000000315. The van der Waals surface area contributed by atoms with Crippen molar-refractivity contribution in [3.05, 3.63) is 36.8 Å². The SMILES string of the molecule is C[n+]1ccn2ccccc21.O=S.O=S(=O)([O-])O. The quantitative estimate of drug-likeness (QED) is 0.393. The van der Waals surface area contributed by atoms with Crippen molar-refractivity contribution in [2.24, 2.45) is 7.05 Å². The van der Waals surface area contributed by atoms with E-state index >= 15 is 0 Å². The van der Waals surface area contributed by atoms with Crippen molar-refractivity contribution in [2.75, 3.05) is 0 Å². The number of hydrogen-bond acceptors (Lipinski definition) is 5. The van der Waals surface area contributed by atoms with Gasteiger partial charge in [-0.25, -0.2) is 17.4 Å². The number of hydrogen-bond donors (Lipinski definition) is 1. The zero-order valence-corrected chi connectivity index (χ0v) is 10.4. The predicted molar refractivity (Wildman–Crippen MR) is 59.0 cm³/mol. The molecule has 7 nitrogen and oxygen atoms in total. The standard InChI is InChI=1S/C8H9N2.H2O4S.OS/c1-9-6-7-10-5-3-2-4-8(9)10;1-5(2,3)4;1-2/h2-7H,1H3;(H2,1,2,3,4);/q+1;;/p-1. The summed E-state index contributed by atoms with van der Waals surface area (Å²) in [6.45, 7) is 0. The van der Waals surface area contributed by atoms with Crippen LogP contribution in [0.15, 0.2) is 36.8 Å². The van der Waals surface area contributed by atoms with Gasteiger partial charge in [-0.2, -0.15) is 4.21 Å². The van der Waals surface area contributed by atoms with Crippen molar-refractivity contribution in [1.29, 1.82) is 0 Å². The van der Waals surface area contributed by atoms with Crippen LogP contribution < -0.4 is 4.57 Å². The van der Waals surface area contributed by atoms with Gasteiger partial charge in [0.2, 0.25) is 10.4 Å². The number of rotatable bonds is 0. The molecule has 0 spiro atoms. The van der Waals surface area contributed by atoms with Crippen molar-refractivity contribution in [1.82, 2.24) is 4.40 Å². The third-order valence-electron chi connectivity index (χ3n) is 1.68. The summed E-state index contributed by atoms with van der Waals surface area (Å²) in [5.74, 6) is 0. The Bertz CT molecular complexity index is 558. The molecule has 2 heterocycles. The van der Waals surface area contributed by atoms with Crippen LogP contribution in [-0.4, -0.2) is 26.1 Å².